The molecule has 1 fully saturated rings. The number of carbonyl (C=O) groups excluding carboxylic acids is 1. The maximum Gasteiger partial charge on any atom is 0.247 e. The molecule has 0 saturated carbocycles. The molecule has 0 aliphatic carbocycles. The van der Waals surface area contributed by atoms with Crippen LogP contribution in [-0.2, 0) is 11.3 Å². The number of likely N-dealkylation sites (tertiary alicyclic amines) is 1. The first-order valence-electron chi connectivity index (χ1n) is 7.22. The van der Waals surface area contributed by atoms with Gasteiger partial charge in [0.2, 0.25) is 11.5 Å². The molecule has 1 aliphatic heterocycles. The third-order valence-corrected chi connectivity index (χ3v) is 4.16. The minimum atomic E-state index is -0.131. The number of nitrogens with one attached hydrogen (secondary N) is 2. The molecule has 0 unspecified atom stereocenters. The summed E-state index contributed by atoms with van der Waals surface area (Å²) in [6, 6.07) is 3.99. The van der Waals surface area contributed by atoms with Crippen LogP contribution < -0.4 is 10.9 Å². The van der Waals surface area contributed by atoms with E-state index >= 15 is 0 Å². The average Bonchev–Trinajstić information content (AvgIpc) is 2.76. The van der Waals surface area contributed by atoms with Gasteiger partial charge in [0.15, 0.2) is 0 Å². The van der Waals surface area contributed by atoms with Crippen molar-refractivity contribution in [3.63, 3.8) is 0 Å². The number of amides is 1. The van der Waals surface area contributed by atoms with E-state index in [-0.39, 0.29) is 17.5 Å². The standard InChI is InChI=1S/C15H23N3O2/c1-10-4-5-11(2)18(10)12(3)15(20)17-9-13-6-7-14(19)16-8-13/h6-8,10-12H,4-5,9H2,1-3H3,(H,16,19)(H,17,20)/t10-,11+,12-/m1/s1. The molecule has 2 rings (SSSR count). The van der Waals surface area contributed by atoms with Crippen LogP contribution in [0.2, 0.25) is 0 Å². The number of nitrogens with zero attached hydrogens (tertiary/aromatic N) is 1. The molecule has 5 heteroatoms. The molecule has 5 nitrogen and oxygen atoms in total. The van der Waals surface area contributed by atoms with Crippen molar-refractivity contribution in [2.45, 2.75) is 58.3 Å². The summed E-state index contributed by atoms with van der Waals surface area (Å²) >= 11 is 0. The van der Waals surface area contributed by atoms with E-state index in [0.29, 0.717) is 18.6 Å². The van der Waals surface area contributed by atoms with Gasteiger partial charge in [0.25, 0.3) is 0 Å². The van der Waals surface area contributed by atoms with Crippen LogP contribution in [0.3, 0.4) is 0 Å². The van der Waals surface area contributed by atoms with Crippen molar-refractivity contribution in [3.05, 3.63) is 34.2 Å². The van der Waals surface area contributed by atoms with Gasteiger partial charge in [0.05, 0.1) is 6.04 Å². The lowest BCUT2D eigenvalue weighted by atomic mass is 10.2. The van der Waals surface area contributed by atoms with Crippen LogP contribution in [0.1, 0.15) is 39.2 Å². The highest BCUT2D eigenvalue weighted by atomic mass is 16.2. The molecule has 1 aliphatic rings. The fraction of sp³-hybridized carbons (Fsp3) is 0.600. The number of pyridine rings is 1. The Morgan fingerprint density at radius 1 is 1.40 bits per heavy atom. The first-order valence-corrected chi connectivity index (χ1v) is 7.22. The lowest BCUT2D eigenvalue weighted by molar-refractivity contribution is -0.127. The smallest absolute Gasteiger partial charge is 0.247 e. The van der Waals surface area contributed by atoms with Crippen LogP contribution >= 0.6 is 0 Å². The Labute approximate surface area is 119 Å². The van der Waals surface area contributed by atoms with Gasteiger partial charge in [-0.2, -0.15) is 0 Å². The third-order valence-electron chi connectivity index (χ3n) is 4.16. The summed E-state index contributed by atoms with van der Waals surface area (Å²) in [6.45, 7) is 6.75. The Morgan fingerprint density at radius 3 is 2.60 bits per heavy atom. The highest BCUT2D eigenvalue weighted by Crippen LogP contribution is 2.25. The lowest BCUT2D eigenvalue weighted by Gasteiger charge is -2.31. The third kappa shape index (κ3) is 3.28. The van der Waals surface area contributed by atoms with Gasteiger partial charge in [-0.1, -0.05) is 6.07 Å². The highest BCUT2D eigenvalue weighted by molar-refractivity contribution is 5.81. The van der Waals surface area contributed by atoms with E-state index in [1.807, 2.05) is 6.92 Å². The van der Waals surface area contributed by atoms with Gasteiger partial charge in [-0.15, -0.1) is 0 Å². The van der Waals surface area contributed by atoms with Crippen LogP contribution in [0.4, 0.5) is 0 Å². The SMILES string of the molecule is C[C@@H]1CC[C@H](C)N1[C@H](C)C(=O)NCc1ccc(=O)[nH]c1. The van der Waals surface area contributed by atoms with Crippen LogP contribution in [0.15, 0.2) is 23.1 Å². The Bertz CT molecular complexity index is 496. The second kappa shape index (κ2) is 6.22. The molecule has 3 atom stereocenters. The zero-order valence-corrected chi connectivity index (χ0v) is 12.3. The molecule has 1 amide bonds. The van der Waals surface area contributed by atoms with Crippen molar-refractivity contribution in [3.8, 4) is 0 Å². The van der Waals surface area contributed by atoms with Gasteiger partial charge in [0, 0.05) is 30.9 Å². The summed E-state index contributed by atoms with van der Waals surface area (Å²) in [5, 5.41) is 2.93. The van der Waals surface area contributed by atoms with Crippen molar-refractivity contribution in [2.75, 3.05) is 0 Å². The summed E-state index contributed by atoms with van der Waals surface area (Å²) in [6.07, 6.45) is 3.94. The Kier molecular flexibility index (Phi) is 4.60. The Morgan fingerprint density at radius 2 is 2.05 bits per heavy atom. The zero-order chi connectivity index (χ0) is 14.7. The lowest BCUT2D eigenvalue weighted by Crippen LogP contribution is -2.48. The van der Waals surface area contributed by atoms with E-state index in [0.717, 1.165) is 18.4 Å². The van der Waals surface area contributed by atoms with Gasteiger partial charge in [-0.3, -0.25) is 14.5 Å². The molecule has 0 radical (unpaired) electrons. The fourth-order valence-corrected chi connectivity index (χ4v) is 3.00. The van der Waals surface area contributed by atoms with E-state index in [4.69, 9.17) is 0 Å². The molecule has 1 aromatic rings. The fourth-order valence-electron chi connectivity index (χ4n) is 3.00. The summed E-state index contributed by atoms with van der Waals surface area (Å²) in [5.41, 5.74) is 0.765. The van der Waals surface area contributed by atoms with Crippen LogP contribution in [-0.4, -0.2) is 33.9 Å². The molecular formula is C15H23N3O2. The summed E-state index contributed by atoms with van der Waals surface area (Å²) < 4.78 is 0. The van der Waals surface area contributed by atoms with Gasteiger partial charge >= 0.3 is 0 Å². The Hall–Kier alpha value is -1.62. The second-order valence-corrected chi connectivity index (χ2v) is 5.68. The maximum absolute atomic E-state index is 12.2. The number of hydrogen-bond acceptors (Lipinski definition) is 3. The molecule has 0 bridgehead atoms. The quantitative estimate of drug-likeness (QED) is 0.870. The molecule has 2 N–H and O–H groups in total. The molecule has 1 saturated heterocycles. The van der Waals surface area contributed by atoms with Gasteiger partial charge in [0.1, 0.15) is 0 Å². The van der Waals surface area contributed by atoms with Crippen molar-refractivity contribution < 1.29 is 4.79 Å². The molecular weight excluding hydrogens is 254 g/mol. The summed E-state index contributed by atoms with van der Waals surface area (Å²) in [4.78, 5) is 28.1. The van der Waals surface area contributed by atoms with Crippen molar-refractivity contribution >= 4 is 5.91 Å². The van der Waals surface area contributed by atoms with Gasteiger partial charge in [-0.05, 0) is 39.2 Å². The minimum absolute atomic E-state index is 0.0387. The van der Waals surface area contributed by atoms with Crippen LogP contribution in [0.25, 0.3) is 0 Å². The van der Waals surface area contributed by atoms with E-state index < -0.39 is 0 Å². The van der Waals surface area contributed by atoms with E-state index in [1.54, 1.807) is 12.3 Å². The maximum atomic E-state index is 12.2. The summed E-state index contributed by atoms with van der Waals surface area (Å²) in [5.74, 6) is 0.0387. The molecule has 2 heterocycles. The van der Waals surface area contributed by atoms with Crippen LogP contribution in [0.5, 0.6) is 0 Å². The largest absolute Gasteiger partial charge is 0.351 e. The van der Waals surface area contributed by atoms with Gasteiger partial charge in [-0.25, -0.2) is 0 Å². The minimum Gasteiger partial charge on any atom is -0.351 e. The number of carbonyl (C=O) groups is 1. The van der Waals surface area contributed by atoms with E-state index in [9.17, 15) is 9.59 Å². The van der Waals surface area contributed by atoms with E-state index in [1.165, 1.54) is 6.07 Å². The van der Waals surface area contributed by atoms with Crippen molar-refractivity contribution in [2.24, 2.45) is 0 Å². The predicted molar refractivity (Wildman–Crippen MR) is 78.4 cm³/mol. The molecule has 110 valence electrons. The number of H-pyrrole nitrogens is 1. The zero-order valence-electron chi connectivity index (χ0n) is 12.3. The second-order valence-electron chi connectivity index (χ2n) is 5.68. The monoisotopic (exact) mass is 277 g/mol. The molecule has 1 aromatic heterocycles. The Balaban J connectivity index is 1.91. The predicted octanol–water partition coefficient (Wildman–Crippen LogP) is 1.25. The highest BCUT2D eigenvalue weighted by Gasteiger charge is 2.34. The number of rotatable bonds is 4. The van der Waals surface area contributed by atoms with Crippen LogP contribution in [0, 0.1) is 0 Å². The first kappa shape index (κ1) is 14.8. The van der Waals surface area contributed by atoms with Crippen molar-refractivity contribution in [1.29, 1.82) is 0 Å². The first-order chi connectivity index (χ1) is 9.49. The number of hydrogen-bond donors (Lipinski definition) is 2. The normalized spacial score (nSPS) is 24.6. The molecule has 0 aromatic carbocycles. The number of aromatic amines is 1. The molecule has 20 heavy (non-hydrogen) atoms. The van der Waals surface area contributed by atoms with E-state index in [2.05, 4.69) is 29.0 Å². The topological polar surface area (TPSA) is 65.2 Å². The molecule has 0 spiro atoms. The number of aromatic nitrogens is 1. The average molecular weight is 277 g/mol. The summed E-state index contributed by atoms with van der Waals surface area (Å²) in [7, 11) is 0. The van der Waals surface area contributed by atoms with Gasteiger partial charge < -0.3 is 10.3 Å². The van der Waals surface area contributed by atoms with Crippen molar-refractivity contribution in [1.82, 2.24) is 15.2 Å².